The molecule has 0 amide bonds. The lowest BCUT2D eigenvalue weighted by molar-refractivity contribution is -0.134. The second-order valence-electron chi connectivity index (χ2n) is 5.76. The van der Waals surface area contributed by atoms with Crippen molar-refractivity contribution in [3.05, 3.63) is 53.2 Å². The van der Waals surface area contributed by atoms with E-state index in [0.29, 0.717) is 0 Å². The van der Waals surface area contributed by atoms with Crippen LogP contribution >= 0.6 is 0 Å². The van der Waals surface area contributed by atoms with Gasteiger partial charge >= 0.3 is 5.97 Å². The fraction of sp³-hybridized carbons (Fsp3) is 0.353. The lowest BCUT2D eigenvalue weighted by Crippen LogP contribution is -2.28. The molecule has 1 atom stereocenters. The summed E-state index contributed by atoms with van der Waals surface area (Å²) in [6, 6.07) is 10.1. The standard InChI is InChI=1S/C17H22O3Si/c1-13-12-16(21(3,4)20-13)15(10-11-17(18)19-2)14-8-6-5-7-9-14/h5-11,13H,12H2,1-4H3/b11-10+,16-15+. The van der Waals surface area contributed by atoms with Gasteiger partial charge < -0.3 is 9.16 Å². The molecular weight excluding hydrogens is 280 g/mol. The fourth-order valence-electron chi connectivity index (χ4n) is 2.79. The maximum atomic E-state index is 11.4. The highest BCUT2D eigenvalue weighted by atomic mass is 28.4. The molecule has 1 aliphatic heterocycles. The molecule has 1 aromatic rings. The van der Waals surface area contributed by atoms with E-state index in [9.17, 15) is 4.79 Å². The highest BCUT2D eigenvalue weighted by Gasteiger charge is 2.39. The van der Waals surface area contributed by atoms with Crippen molar-refractivity contribution in [2.75, 3.05) is 7.11 Å². The van der Waals surface area contributed by atoms with E-state index >= 15 is 0 Å². The van der Waals surface area contributed by atoms with Gasteiger partial charge in [-0.2, -0.15) is 0 Å². The number of carbonyl (C=O) groups excluding carboxylic acids is 1. The minimum absolute atomic E-state index is 0.243. The zero-order valence-electron chi connectivity index (χ0n) is 13.1. The van der Waals surface area contributed by atoms with Crippen LogP contribution in [-0.2, 0) is 14.0 Å². The minimum atomic E-state index is -1.88. The van der Waals surface area contributed by atoms with Crippen LogP contribution in [0.1, 0.15) is 18.9 Å². The van der Waals surface area contributed by atoms with Crippen molar-refractivity contribution in [3.63, 3.8) is 0 Å². The number of methoxy groups -OCH3 is 1. The summed E-state index contributed by atoms with van der Waals surface area (Å²) in [6.45, 7) is 6.52. The lowest BCUT2D eigenvalue weighted by atomic mass is 10.0. The summed E-state index contributed by atoms with van der Waals surface area (Å²) in [7, 11) is -0.494. The van der Waals surface area contributed by atoms with Gasteiger partial charge in [-0.1, -0.05) is 30.3 Å². The van der Waals surface area contributed by atoms with Crippen molar-refractivity contribution in [2.45, 2.75) is 32.5 Å². The van der Waals surface area contributed by atoms with E-state index < -0.39 is 8.32 Å². The Hall–Kier alpha value is -1.65. The molecule has 1 fully saturated rings. The van der Waals surface area contributed by atoms with Gasteiger partial charge in [0.25, 0.3) is 0 Å². The summed E-state index contributed by atoms with van der Waals surface area (Å²) in [5.74, 6) is -0.338. The third-order valence-corrected chi connectivity index (χ3v) is 6.63. The predicted molar refractivity (Wildman–Crippen MR) is 87.2 cm³/mol. The smallest absolute Gasteiger partial charge is 0.330 e. The Kier molecular flexibility index (Phi) is 4.80. The van der Waals surface area contributed by atoms with E-state index in [-0.39, 0.29) is 12.1 Å². The second kappa shape index (κ2) is 6.41. The van der Waals surface area contributed by atoms with E-state index in [1.807, 2.05) is 24.3 Å². The van der Waals surface area contributed by atoms with Gasteiger partial charge in [0.15, 0.2) is 0 Å². The molecule has 4 heteroatoms. The van der Waals surface area contributed by atoms with Crippen LogP contribution in [0, 0.1) is 0 Å². The molecule has 0 aromatic heterocycles. The third kappa shape index (κ3) is 3.71. The first-order valence-electron chi connectivity index (χ1n) is 7.17. The van der Waals surface area contributed by atoms with Gasteiger partial charge in [0.1, 0.15) is 0 Å². The average Bonchev–Trinajstić information content (AvgIpc) is 2.73. The number of ether oxygens (including phenoxy) is 1. The quantitative estimate of drug-likeness (QED) is 0.485. The molecule has 2 rings (SSSR count). The van der Waals surface area contributed by atoms with Crippen LogP contribution in [0.15, 0.2) is 47.7 Å². The van der Waals surface area contributed by atoms with Gasteiger partial charge in [-0.25, -0.2) is 4.79 Å². The predicted octanol–water partition coefficient (Wildman–Crippen LogP) is 3.72. The van der Waals surface area contributed by atoms with Gasteiger partial charge in [0.05, 0.1) is 7.11 Å². The Bertz CT molecular complexity index is 573. The van der Waals surface area contributed by atoms with Crippen LogP contribution < -0.4 is 0 Å². The highest BCUT2D eigenvalue weighted by Crippen LogP contribution is 2.37. The average molecular weight is 302 g/mol. The number of esters is 1. The van der Waals surface area contributed by atoms with E-state index in [1.54, 1.807) is 0 Å². The van der Waals surface area contributed by atoms with Crippen molar-refractivity contribution in [3.8, 4) is 0 Å². The van der Waals surface area contributed by atoms with Crippen LogP contribution in [-0.4, -0.2) is 27.5 Å². The second-order valence-corrected chi connectivity index (χ2v) is 9.62. The first-order valence-corrected chi connectivity index (χ1v) is 10.1. The van der Waals surface area contributed by atoms with E-state index in [1.165, 1.54) is 18.4 Å². The van der Waals surface area contributed by atoms with Gasteiger partial charge in [0.2, 0.25) is 8.32 Å². The lowest BCUT2D eigenvalue weighted by Gasteiger charge is -2.19. The molecule has 0 aliphatic carbocycles. The SMILES string of the molecule is COC(=O)/C=C/C(=C1/CC(C)O[Si]1(C)C)c1ccccc1. The highest BCUT2D eigenvalue weighted by molar-refractivity contribution is 6.80. The van der Waals surface area contributed by atoms with Crippen molar-refractivity contribution >= 4 is 19.9 Å². The maximum Gasteiger partial charge on any atom is 0.330 e. The molecule has 21 heavy (non-hydrogen) atoms. The number of carbonyl (C=O) groups is 1. The molecule has 1 aliphatic rings. The van der Waals surface area contributed by atoms with E-state index in [4.69, 9.17) is 9.16 Å². The van der Waals surface area contributed by atoms with Gasteiger partial charge in [-0.3, -0.25) is 0 Å². The van der Waals surface area contributed by atoms with Gasteiger partial charge in [0, 0.05) is 12.2 Å². The molecule has 0 N–H and O–H groups in total. The fourth-order valence-corrected chi connectivity index (χ4v) is 5.68. The Morgan fingerprint density at radius 2 is 1.95 bits per heavy atom. The van der Waals surface area contributed by atoms with Crippen LogP contribution in [0.2, 0.25) is 13.1 Å². The van der Waals surface area contributed by atoms with Crippen LogP contribution in [0.5, 0.6) is 0 Å². The van der Waals surface area contributed by atoms with Crippen molar-refractivity contribution in [1.29, 1.82) is 0 Å². The molecule has 1 heterocycles. The first kappa shape index (κ1) is 15.7. The molecule has 112 valence electrons. The summed E-state index contributed by atoms with van der Waals surface area (Å²) < 4.78 is 10.8. The molecule has 0 saturated carbocycles. The molecule has 1 aromatic carbocycles. The number of rotatable bonds is 3. The summed E-state index contributed by atoms with van der Waals surface area (Å²) in [5.41, 5.74) is 2.22. The Morgan fingerprint density at radius 3 is 2.48 bits per heavy atom. The maximum absolute atomic E-state index is 11.4. The number of hydrogen-bond acceptors (Lipinski definition) is 3. The Morgan fingerprint density at radius 1 is 1.29 bits per heavy atom. The normalized spacial score (nSPS) is 23.3. The summed E-state index contributed by atoms with van der Waals surface area (Å²) in [6.07, 6.45) is 4.52. The number of hydrogen-bond donors (Lipinski definition) is 0. The molecular formula is C17H22O3Si. The van der Waals surface area contributed by atoms with Crippen LogP contribution in [0.25, 0.3) is 5.57 Å². The topological polar surface area (TPSA) is 35.5 Å². The zero-order chi connectivity index (χ0) is 15.5. The van der Waals surface area contributed by atoms with Crippen LogP contribution in [0.4, 0.5) is 0 Å². The largest absolute Gasteiger partial charge is 0.466 e. The Labute approximate surface area is 127 Å². The van der Waals surface area contributed by atoms with E-state index in [2.05, 4.69) is 32.2 Å². The van der Waals surface area contributed by atoms with Crippen LogP contribution in [0.3, 0.4) is 0 Å². The molecule has 0 bridgehead atoms. The summed E-state index contributed by atoms with van der Waals surface area (Å²) in [5, 5.41) is 1.35. The summed E-state index contributed by atoms with van der Waals surface area (Å²) >= 11 is 0. The van der Waals surface area contributed by atoms with E-state index in [0.717, 1.165) is 17.6 Å². The van der Waals surface area contributed by atoms with Gasteiger partial charge in [-0.05, 0) is 48.8 Å². The minimum Gasteiger partial charge on any atom is -0.466 e. The third-order valence-electron chi connectivity index (χ3n) is 3.71. The molecule has 0 radical (unpaired) electrons. The van der Waals surface area contributed by atoms with Crippen molar-refractivity contribution in [2.24, 2.45) is 0 Å². The number of benzene rings is 1. The van der Waals surface area contributed by atoms with Crippen molar-refractivity contribution < 1.29 is 14.0 Å². The Balaban J connectivity index is 2.51. The first-order chi connectivity index (χ1) is 9.94. The molecule has 3 nitrogen and oxygen atoms in total. The molecule has 0 spiro atoms. The monoisotopic (exact) mass is 302 g/mol. The molecule has 1 saturated heterocycles. The number of allylic oxidation sites excluding steroid dienone is 2. The molecule has 1 unspecified atom stereocenters. The summed E-state index contributed by atoms with van der Waals surface area (Å²) in [4.78, 5) is 11.4. The van der Waals surface area contributed by atoms with Crippen molar-refractivity contribution in [1.82, 2.24) is 0 Å². The zero-order valence-corrected chi connectivity index (χ0v) is 14.1. The van der Waals surface area contributed by atoms with Gasteiger partial charge in [-0.15, -0.1) is 0 Å².